The van der Waals surface area contributed by atoms with Crippen molar-refractivity contribution in [3.05, 3.63) is 23.8 Å². The minimum Gasteiger partial charge on any atom is -0.497 e. The molecule has 114 valence electrons. The van der Waals surface area contributed by atoms with Gasteiger partial charge in [-0.05, 0) is 19.1 Å². The van der Waals surface area contributed by atoms with E-state index in [9.17, 15) is 10.1 Å². The molecule has 21 heavy (non-hydrogen) atoms. The van der Waals surface area contributed by atoms with Crippen LogP contribution in [0, 0.1) is 11.3 Å². The fourth-order valence-electron chi connectivity index (χ4n) is 1.84. The summed E-state index contributed by atoms with van der Waals surface area (Å²) in [6.45, 7) is 3.03. The quantitative estimate of drug-likeness (QED) is 0.677. The lowest BCUT2D eigenvalue weighted by Gasteiger charge is -2.24. The minimum absolute atomic E-state index is 0.0546. The Labute approximate surface area is 124 Å². The molecule has 0 bridgehead atoms. The summed E-state index contributed by atoms with van der Waals surface area (Å²) in [6, 6.07) is 7.22. The van der Waals surface area contributed by atoms with Crippen molar-refractivity contribution in [2.24, 2.45) is 0 Å². The molecule has 0 saturated carbocycles. The fourth-order valence-corrected chi connectivity index (χ4v) is 1.84. The van der Waals surface area contributed by atoms with Crippen molar-refractivity contribution in [1.29, 1.82) is 5.26 Å². The van der Waals surface area contributed by atoms with E-state index in [0.29, 0.717) is 36.8 Å². The van der Waals surface area contributed by atoms with E-state index in [1.54, 1.807) is 44.2 Å². The average molecular weight is 292 g/mol. The number of anilines is 1. The molecule has 0 heterocycles. The number of nitriles is 1. The molecule has 0 unspecified atom stereocenters. The zero-order valence-corrected chi connectivity index (χ0v) is 12.6. The second-order valence-corrected chi connectivity index (χ2v) is 4.21. The highest BCUT2D eigenvalue weighted by molar-refractivity contribution is 5.77. The van der Waals surface area contributed by atoms with Crippen LogP contribution in [0.25, 0.3) is 0 Å². The molecule has 0 radical (unpaired) electrons. The molecule has 0 amide bonds. The molecule has 0 atom stereocenters. The highest BCUT2D eigenvalue weighted by atomic mass is 16.5. The maximum absolute atomic E-state index is 11.7. The van der Waals surface area contributed by atoms with Gasteiger partial charge in [0.1, 0.15) is 18.4 Å². The van der Waals surface area contributed by atoms with Gasteiger partial charge in [-0.2, -0.15) is 5.26 Å². The number of hydrogen-bond acceptors (Lipinski definition) is 6. The number of ether oxygens (including phenoxy) is 3. The molecule has 0 aliphatic rings. The SMILES string of the molecule is CCOC(=O)CN(CCOC)c1cc(OC)ccc1C#N. The standard InChI is InChI=1S/C15H20N2O4/c1-4-21-15(18)11-17(7-8-19-2)14-9-13(20-3)6-5-12(14)10-16/h5-6,9H,4,7-8,11H2,1-3H3. The van der Waals surface area contributed by atoms with Gasteiger partial charge < -0.3 is 19.1 Å². The van der Waals surface area contributed by atoms with Crippen LogP contribution in [-0.2, 0) is 14.3 Å². The Balaban J connectivity index is 3.05. The zero-order chi connectivity index (χ0) is 15.7. The van der Waals surface area contributed by atoms with Crippen LogP contribution in [0.1, 0.15) is 12.5 Å². The fraction of sp³-hybridized carbons (Fsp3) is 0.467. The number of carbonyl (C=O) groups excluding carboxylic acids is 1. The number of esters is 1. The zero-order valence-electron chi connectivity index (χ0n) is 12.6. The molecule has 6 nitrogen and oxygen atoms in total. The molecule has 0 aromatic heterocycles. The van der Waals surface area contributed by atoms with Gasteiger partial charge in [0.15, 0.2) is 0 Å². The molecule has 0 spiro atoms. The maximum atomic E-state index is 11.7. The average Bonchev–Trinajstić information content (AvgIpc) is 2.51. The summed E-state index contributed by atoms with van der Waals surface area (Å²) >= 11 is 0. The number of benzene rings is 1. The molecule has 0 N–H and O–H groups in total. The third-order valence-corrected chi connectivity index (χ3v) is 2.86. The molecular weight excluding hydrogens is 272 g/mol. The van der Waals surface area contributed by atoms with Crippen LogP contribution in [0.15, 0.2) is 18.2 Å². The number of rotatable bonds is 8. The van der Waals surface area contributed by atoms with Gasteiger partial charge in [-0.15, -0.1) is 0 Å². The summed E-state index contributed by atoms with van der Waals surface area (Å²) in [5, 5.41) is 9.23. The van der Waals surface area contributed by atoms with E-state index >= 15 is 0 Å². The molecular formula is C15H20N2O4. The highest BCUT2D eigenvalue weighted by Gasteiger charge is 2.16. The normalized spacial score (nSPS) is 9.81. The molecule has 1 rings (SSSR count). The first-order chi connectivity index (χ1) is 10.2. The van der Waals surface area contributed by atoms with E-state index in [1.807, 2.05) is 0 Å². The van der Waals surface area contributed by atoms with Gasteiger partial charge in [0.2, 0.25) is 0 Å². The van der Waals surface area contributed by atoms with Crippen LogP contribution in [0.4, 0.5) is 5.69 Å². The third-order valence-electron chi connectivity index (χ3n) is 2.86. The molecule has 6 heteroatoms. The second-order valence-electron chi connectivity index (χ2n) is 4.21. The molecule has 1 aromatic rings. The summed E-state index contributed by atoms with van der Waals surface area (Å²) in [5.74, 6) is 0.274. The first-order valence-corrected chi connectivity index (χ1v) is 6.63. The van der Waals surface area contributed by atoms with E-state index < -0.39 is 0 Å². The van der Waals surface area contributed by atoms with Crippen molar-refractivity contribution in [3.8, 4) is 11.8 Å². The van der Waals surface area contributed by atoms with Crippen molar-refractivity contribution in [3.63, 3.8) is 0 Å². The Hall–Kier alpha value is -2.26. The van der Waals surface area contributed by atoms with Crippen LogP contribution in [0.3, 0.4) is 0 Å². The molecule has 0 saturated heterocycles. The Kier molecular flexibility index (Phi) is 7.05. The Morgan fingerprint density at radius 2 is 2.14 bits per heavy atom. The van der Waals surface area contributed by atoms with Gasteiger partial charge in [-0.3, -0.25) is 4.79 Å². The lowest BCUT2D eigenvalue weighted by atomic mass is 10.1. The molecule has 0 aliphatic carbocycles. The first kappa shape index (κ1) is 16.8. The number of carbonyl (C=O) groups is 1. The van der Waals surface area contributed by atoms with Gasteiger partial charge in [0, 0.05) is 19.7 Å². The lowest BCUT2D eigenvalue weighted by Crippen LogP contribution is -2.34. The lowest BCUT2D eigenvalue weighted by molar-refractivity contribution is -0.141. The van der Waals surface area contributed by atoms with Crippen LogP contribution < -0.4 is 9.64 Å². The smallest absolute Gasteiger partial charge is 0.325 e. The van der Waals surface area contributed by atoms with Gasteiger partial charge in [0.25, 0.3) is 0 Å². The number of methoxy groups -OCH3 is 2. The summed E-state index contributed by atoms with van der Waals surface area (Å²) in [4.78, 5) is 13.5. The third kappa shape index (κ3) is 4.97. The monoisotopic (exact) mass is 292 g/mol. The van der Waals surface area contributed by atoms with Crippen LogP contribution >= 0.6 is 0 Å². The number of hydrogen-bond donors (Lipinski definition) is 0. The summed E-state index contributed by atoms with van der Waals surface area (Å²) < 4.78 is 15.2. The van der Waals surface area contributed by atoms with Crippen molar-refractivity contribution in [2.75, 3.05) is 45.4 Å². The van der Waals surface area contributed by atoms with Gasteiger partial charge in [-0.25, -0.2) is 0 Å². The predicted octanol–water partition coefficient (Wildman–Crippen LogP) is 1.58. The Morgan fingerprint density at radius 1 is 1.38 bits per heavy atom. The van der Waals surface area contributed by atoms with Crippen LogP contribution in [0.5, 0.6) is 5.75 Å². The second kappa shape index (κ2) is 8.82. The highest BCUT2D eigenvalue weighted by Crippen LogP contribution is 2.25. The van der Waals surface area contributed by atoms with E-state index in [4.69, 9.17) is 14.2 Å². The number of nitrogens with zero attached hydrogens (tertiary/aromatic N) is 2. The summed E-state index contributed by atoms with van der Waals surface area (Å²) in [6.07, 6.45) is 0. The van der Waals surface area contributed by atoms with Gasteiger partial charge in [0.05, 0.1) is 31.6 Å². The molecule has 0 fully saturated rings. The van der Waals surface area contributed by atoms with E-state index in [1.165, 1.54) is 0 Å². The van der Waals surface area contributed by atoms with Gasteiger partial charge in [-0.1, -0.05) is 0 Å². The van der Waals surface area contributed by atoms with Crippen LogP contribution in [0.2, 0.25) is 0 Å². The largest absolute Gasteiger partial charge is 0.497 e. The van der Waals surface area contributed by atoms with Crippen molar-refractivity contribution < 1.29 is 19.0 Å². The van der Waals surface area contributed by atoms with Crippen molar-refractivity contribution >= 4 is 11.7 Å². The summed E-state index contributed by atoms with van der Waals surface area (Å²) in [5.41, 5.74) is 1.10. The minimum atomic E-state index is -0.347. The first-order valence-electron chi connectivity index (χ1n) is 6.63. The van der Waals surface area contributed by atoms with E-state index in [2.05, 4.69) is 6.07 Å². The topological polar surface area (TPSA) is 71.8 Å². The molecule has 1 aromatic carbocycles. The van der Waals surface area contributed by atoms with E-state index in [-0.39, 0.29) is 12.5 Å². The maximum Gasteiger partial charge on any atom is 0.325 e. The van der Waals surface area contributed by atoms with Gasteiger partial charge >= 0.3 is 5.97 Å². The summed E-state index contributed by atoms with van der Waals surface area (Å²) in [7, 11) is 3.13. The van der Waals surface area contributed by atoms with E-state index in [0.717, 1.165) is 0 Å². The Morgan fingerprint density at radius 3 is 2.71 bits per heavy atom. The van der Waals surface area contributed by atoms with Crippen LogP contribution in [-0.4, -0.2) is 46.5 Å². The molecule has 0 aliphatic heterocycles. The predicted molar refractivity (Wildman–Crippen MR) is 78.4 cm³/mol. The Bertz CT molecular complexity index is 511. The van der Waals surface area contributed by atoms with Crippen molar-refractivity contribution in [1.82, 2.24) is 0 Å². The van der Waals surface area contributed by atoms with Crippen molar-refractivity contribution in [2.45, 2.75) is 6.92 Å².